The van der Waals surface area contributed by atoms with Gasteiger partial charge in [-0.1, -0.05) is 60.7 Å². The molecule has 0 aliphatic rings. The van der Waals surface area contributed by atoms with Gasteiger partial charge >= 0.3 is 5.97 Å². The third kappa shape index (κ3) is 3.30. The molecular formula is C14H13IO2. The second kappa shape index (κ2) is 6.39. The van der Waals surface area contributed by atoms with E-state index in [0.29, 0.717) is 0 Å². The van der Waals surface area contributed by atoms with Crippen molar-refractivity contribution in [2.24, 2.45) is 0 Å². The van der Waals surface area contributed by atoms with Gasteiger partial charge in [0, 0.05) is 0 Å². The van der Waals surface area contributed by atoms with Crippen LogP contribution in [0.2, 0.25) is 0 Å². The lowest BCUT2D eigenvalue weighted by molar-refractivity contribution is -0.137. The number of benzene rings is 2. The minimum Gasteiger partial charge on any atom is -0.481 e. The van der Waals surface area contributed by atoms with E-state index < -0.39 is 11.9 Å². The van der Waals surface area contributed by atoms with E-state index >= 15 is 0 Å². The van der Waals surface area contributed by atoms with E-state index in [1.54, 1.807) is 0 Å². The van der Waals surface area contributed by atoms with Crippen LogP contribution in [0.25, 0.3) is 0 Å². The van der Waals surface area contributed by atoms with Crippen LogP contribution in [0.5, 0.6) is 0 Å². The van der Waals surface area contributed by atoms with Crippen molar-refractivity contribution >= 4 is 29.9 Å². The van der Waals surface area contributed by atoms with Gasteiger partial charge in [-0.3, -0.25) is 4.79 Å². The second-order valence-electron chi connectivity index (χ2n) is 3.59. The first-order chi connectivity index (χ1) is 7.79. The van der Waals surface area contributed by atoms with Gasteiger partial charge in [0.15, 0.2) is 0 Å². The molecular weight excluding hydrogens is 327 g/mol. The largest absolute Gasteiger partial charge is 0.481 e. The molecule has 1 N–H and O–H groups in total. The lowest BCUT2D eigenvalue weighted by Crippen LogP contribution is -2.12. The fraction of sp³-hybridized carbons (Fsp3) is 0.0714. The van der Waals surface area contributed by atoms with Crippen LogP contribution < -0.4 is 0 Å². The predicted molar refractivity (Wildman–Crippen MR) is 77.8 cm³/mol. The number of aliphatic carboxylic acids is 1. The highest BCUT2D eigenvalue weighted by molar-refractivity contribution is 14.0. The maximum Gasteiger partial charge on any atom is 0.315 e. The average Bonchev–Trinajstić information content (AvgIpc) is 2.31. The highest BCUT2D eigenvalue weighted by atomic mass is 127. The number of carboxylic acids is 1. The lowest BCUT2D eigenvalue weighted by Gasteiger charge is -2.12. The van der Waals surface area contributed by atoms with Gasteiger partial charge in [0.05, 0.1) is 0 Å². The van der Waals surface area contributed by atoms with Gasteiger partial charge in [0.25, 0.3) is 0 Å². The number of rotatable bonds is 3. The standard InChI is InChI=1S/C14H12O2.HI/c15-14(16)13(11-7-3-1-4-8-11)12-9-5-2-6-10-12;/h1-10,13H,(H,15,16);1H. The van der Waals surface area contributed by atoms with E-state index in [0.717, 1.165) is 11.1 Å². The Kier molecular flexibility index (Phi) is 5.15. The van der Waals surface area contributed by atoms with E-state index in [1.165, 1.54) is 0 Å². The Morgan fingerprint density at radius 1 is 0.824 bits per heavy atom. The van der Waals surface area contributed by atoms with Crippen molar-refractivity contribution < 1.29 is 9.90 Å². The first-order valence-corrected chi connectivity index (χ1v) is 5.12. The number of carboxylic acid groups (broad SMARTS) is 1. The highest BCUT2D eigenvalue weighted by Crippen LogP contribution is 2.24. The Hall–Kier alpha value is -1.36. The van der Waals surface area contributed by atoms with Crippen LogP contribution in [0, 0.1) is 0 Å². The minimum absolute atomic E-state index is 0. The van der Waals surface area contributed by atoms with Crippen molar-refractivity contribution in [3.05, 3.63) is 71.8 Å². The Morgan fingerprint density at radius 2 is 1.18 bits per heavy atom. The number of carbonyl (C=O) groups is 1. The molecule has 0 radical (unpaired) electrons. The van der Waals surface area contributed by atoms with E-state index in [-0.39, 0.29) is 24.0 Å². The summed E-state index contributed by atoms with van der Waals surface area (Å²) in [6.45, 7) is 0. The quantitative estimate of drug-likeness (QED) is 0.868. The zero-order valence-corrected chi connectivity index (χ0v) is 11.4. The molecule has 0 aliphatic carbocycles. The van der Waals surface area contributed by atoms with Crippen molar-refractivity contribution in [1.82, 2.24) is 0 Å². The number of hydrogen-bond donors (Lipinski definition) is 1. The smallest absolute Gasteiger partial charge is 0.315 e. The molecule has 0 unspecified atom stereocenters. The molecule has 0 saturated carbocycles. The second-order valence-corrected chi connectivity index (χ2v) is 3.59. The highest BCUT2D eigenvalue weighted by Gasteiger charge is 2.20. The Labute approximate surface area is 117 Å². The van der Waals surface area contributed by atoms with Gasteiger partial charge in [-0.25, -0.2) is 0 Å². The molecule has 0 bridgehead atoms. The molecule has 0 aromatic heterocycles. The molecule has 88 valence electrons. The SMILES string of the molecule is I.O=C(O)C(c1ccccc1)c1ccccc1. The third-order valence-electron chi connectivity index (χ3n) is 2.51. The average molecular weight is 340 g/mol. The fourth-order valence-corrected chi connectivity index (χ4v) is 1.77. The van der Waals surface area contributed by atoms with Crippen LogP contribution in [-0.2, 0) is 4.79 Å². The molecule has 0 amide bonds. The fourth-order valence-electron chi connectivity index (χ4n) is 1.77. The maximum atomic E-state index is 11.3. The van der Waals surface area contributed by atoms with E-state index in [2.05, 4.69) is 0 Å². The summed E-state index contributed by atoms with van der Waals surface area (Å²) in [5.74, 6) is -1.40. The van der Waals surface area contributed by atoms with Crippen LogP contribution in [0.4, 0.5) is 0 Å². The Bertz CT molecular complexity index is 429. The summed E-state index contributed by atoms with van der Waals surface area (Å²) in [5.41, 5.74) is 1.61. The third-order valence-corrected chi connectivity index (χ3v) is 2.51. The Balaban J connectivity index is 0.00000144. The minimum atomic E-state index is -0.822. The lowest BCUT2D eigenvalue weighted by atomic mass is 9.92. The van der Waals surface area contributed by atoms with Gasteiger partial charge in [0.1, 0.15) is 5.92 Å². The van der Waals surface area contributed by atoms with Crippen molar-refractivity contribution in [1.29, 1.82) is 0 Å². The summed E-state index contributed by atoms with van der Waals surface area (Å²) in [4.78, 5) is 11.3. The molecule has 2 rings (SSSR count). The van der Waals surface area contributed by atoms with Gasteiger partial charge < -0.3 is 5.11 Å². The molecule has 0 heterocycles. The zero-order chi connectivity index (χ0) is 11.4. The molecule has 0 spiro atoms. The summed E-state index contributed by atoms with van der Waals surface area (Å²) < 4.78 is 0. The van der Waals surface area contributed by atoms with Gasteiger partial charge in [0.2, 0.25) is 0 Å². The first kappa shape index (κ1) is 13.7. The first-order valence-electron chi connectivity index (χ1n) is 5.12. The van der Waals surface area contributed by atoms with Crippen LogP contribution in [0.3, 0.4) is 0 Å². The number of halogens is 1. The normalized spacial score (nSPS) is 9.71. The summed E-state index contributed by atoms with van der Waals surface area (Å²) in [7, 11) is 0. The summed E-state index contributed by atoms with van der Waals surface area (Å²) in [6.07, 6.45) is 0. The molecule has 0 fully saturated rings. The summed E-state index contributed by atoms with van der Waals surface area (Å²) >= 11 is 0. The van der Waals surface area contributed by atoms with Crippen molar-refractivity contribution in [2.45, 2.75) is 5.92 Å². The zero-order valence-electron chi connectivity index (χ0n) is 9.11. The maximum absolute atomic E-state index is 11.3. The monoisotopic (exact) mass is 340 g/mol. The van der Waals surface area contributed by atoms with E-state index in [9.17, 15) is 9.90 Å². The molecule has 0 aliphatic heterocycles. The molecule has 17 heavy (non-hydrogen) atoms. The molecule has 0 saturated heterocycles. The van der Waals surface area contributed by atoms with Gasteiger partial charge in [-0.15, -0.1) is 24.0 Å². The van der Waals surface area contributed by atoms with Crippen LogP contribution in [0.15, 0.2) is 60.7 Å². The summed E-state index contributed by atoms with van der Waals surface area (Å²) in [5, 5.41) is 9.28. The number of hydrogen-bond acceptors (Lipinski definition) is 1. The van der Waals surface area contributed by atoms with Crippen molar-refractivity contribution in [3.8, 4) is 0 Å². The molecule has 0 atom stereocenters. The van der Waals surface area contributed by atoms with Gasteiger partial charge in [-0.2, -0.15) is 0 Å². The van der Waals surface area contributed by atoms with E-state index in [1.807, 2.05) is 60.7 Å². The van der Waals surface area contributed by atoms with E-state index in [4.69, 9.17) is 0 Å². The van der Waals surface area contributed by atoms with Crippen molar-refractivity contribution in [2.75, 3.05) is 0 Å². The molecule has 2 nitrogen and oxygen atoms in total. The van der Waals surface area contributed by atoms with Crippen LogP contribution in [0.1, 0.15) is 17.0 Å². The van der Waals surface area contributed by atoms with Gasteiger partial charge in [-0.05, 0) is 11.1 Å². The Morgan fingerprint density at radius 3 is 1.47 bits per heavy atom. The topological polar surface area (TPSA) is 37.3 Å². The predicted octanol–water partition coefficient (Wildman–Crippen LogP) is 3.52. The van der Waals surface area contributed by atoms with Crippen LogP contribution in [-0.4, -0.2) is 11.1 Å². The summed E-state index contributed by atoms with van der Waals surface area (Å²) in [6, 6.07) is 18.5. The molecule has 3 heteroatoms. The molecule has 2 aromatic carbocycles. The van der Waals surface area contributed by atoms with Crippen LogP contribution >= 0.6 is 24.0 Å². The van der Waals surface area contributed by atoms with Crippen molar-refractivity contribution in [3.63, 3.8) is 0 Å². The molecule has 2 aromatic rings.